The quantitative estimate of drug-likeness (QED) is 0.783. The number of carbonyl (C=O) groups excluding carboxylic acids is 1. The van der Waals surface area contributed by atoms with Crippen molar-refractivity contribution in [2.24, 2.45) is 0 Å². The van der Waals surface area contributed by atoms with Crippen LogP contribution in [-0.4, -0.2) is 65.4 Å². The Bertz CT molecular complexity index is 446. The second-order valence-electron chi connectivity index (χ2n) is 8.65. The van der Waals surface area contributed by atoms with Crippen molar-refractivity contribution in [2.75, 3.05) is 32.7 Å². The Morgan fingerprint density at radius 3 is 2.13 bits per heavy atom. The van der Waals surface area contributed by atoms with Crippen LogP contribution in [0, 0.1) is 0 Å². The van der Waals surface area contributed by atoms with Gasteiger partial charge in [-0.3, -0.25) is 4.90 Å². The summed E-state index contributed by atoms with van der Waals surface area (Å²) in [7, 11) is 0. The number of hydrogen-bond acceptors (Lipinski definition) is 4. The highest BCUT2D eigenvalue weighted by atomic mass is 16.6. The molecular formula is C18H32N2O3. The highest BCUT2D eigenvalue weighted by molar-refractivity contribution is 5.68. The molecule has 0 aromatic carbocycles. The third-order valence-electron chi connectivity index (χ3n) is 5.13. The van der Waals surface area contributed by atoms with Crippen LogP contribution in [0.4, 0.5) is 4.79 Å². The van der Waals surface area contributed by atoms with Gasteiger partial charge < -0.3 is 14.4 Å². The maximum atomic E-state index is 12.2. The van der Waals surface area contributed by atoms with E-state index in [1.54, 1.807) is 0 Å². The zero-order chi connectivity index (χ0) is 16.7. The summed E-state index contributed by atoms with van der Waals surface area (Å²) < 4.78 is 12.1. The molecule has 2 aliphatic heterocycles. The van der Waals surface area contributed by atoms with E-state index in [0.29, 0.717) is 0 Å². The zero-order valence-electron chi connectivity index (χ0n) is 15.2. The van der Waals surface area contributed by atoms with Gasteiger partial charge in [-0.2, -0.15) is 0 Å². The minimum absolute atomic E-state index is 0.0531. The zero-order valence-corrected chi connectivity index (χ0v) is 15.2. The topological polar surface area (TPSA) is 42.0 Å². The lowest BCUT2D eigenvalue weighted by atomic mass is 9.88. The molecule has 1 amide bonds. The molecule has 0 aromatic rings. The average Bonchev–Trinajstić information content (AvgIpc) is 3.15. The summed E-state index contributed by atoms with van der Waals surface area (Å²) in [6.45, 7) is 12.7. The van der Waals surface area contributed by atoms with E-state index in [-0.39, 0.29) is 17.3 Å². The van der Waals surface area contributed by atoms with E-state index in [4.69, 9.17) is 9.47 Å². The fourth-order valence-electron chi connectivity index (χ4n) is 3.95. The van der Waals surface area contributed by atoms with E-state index in [0.717, 1.165) is 45.6 Å². The van der Waals surface area contributed by atoms with Gasteiger partial charge in [-0.15, -0.1) is 0 Å². The third-order valence-corrected chi connectivity index (χ3v) is 5.13. The Kier molecular flexibility index (Phi) is 4.38. The third kappa shape index (κ3) is 4.00. The molecule has 0 atom stereocenters. The fraction of sp³-hybridized carbons (Fsp3) is 0.944. The molecule has 2 saturated heterocycles. The van der Waals surface area contributed by atoms with E-state index in [9.17, 15) is 4.79 Å². The molecule has 2 spiro atoms. The summed E-state index contributed by atoms with van der Waals surface area (Å²) in [5.74, 6) is 0. The molecule has 1 saturated carbocycles. The molecule has 23 heavy (non-hydrogen) atoms. The van der Waals surface area contributed by atoms with Crippen molar-refractivity contribution in [3.63, 3.8) is 0 Å². The number of carbonyl (C=O) groups is 1. The maximum absolute atomic E-state index is 12.2. The second kappa shape index (κ2) is 5.92. The molecule has 5 nitrogen and oxygen atoms in total. The lowest BCUT2D eigenvalue weighted by Crippen LogP contribution is -2.61. The summed E-state index contributed by atoms with van der Waals surface area (Å²) in [5, 5.41) is 0. The second-order valence-corrected chi connectivity index (χ2v) is 8.65. The molecule has 2 heterocycles. The van der Waals surface area contributed by atoms with Crippen LogP contribution >= 0.6 is 0 Å². The first-order valence-electron chi connectivity index (χ1n) is 9.15. The standard InChI is InChI=1S/C18H32N2O3/c1-5-10-19-13-17(6-7-17)23-18(14-19)8-11-20(12-9-18)15(21)22-16(2,3)4/h5-14H2,1-4H3. The van der Waals surface area contributed by atoms with Gasteiger partial charge in [0.05, 0.1) is 11.2 Å². The van der Waals surface area contributed by atoms with Crippen molar-refractivity contribution in [2.45, 2.75) is 76.6 Å². The number of ether oxygens (including phenoxy) is 2. The first-order valence-corrected chi connectivity index (χ1v) is 9.15. The van der Waals surface area contributed by atoms with Gasteiger partial charge in [0.25, 0.3) is 0 Å². The van der Waals surface area contributed by atoms with E-state index in [1.165, 1.54) is 19.3 Å². The van der Waals surface area contributed by atoms with Gasteiger partial charge in [-0.05, 0) is 59.4 Å². The van der Waals surface area contributed by atoms with Gasteiger partial charge in [-0.25, -0.2) is 4.79 Å². The van der Waals surface area contributed by atoms with Crippen molar-refractivity contribution in [1.29, 1.82) is 0 Å². The molecule has 3 aliphatic rings. The molecule has 0 N–H and O–H groups in total. The van der Waals surface area contributed by atoms with Crippen molar-refractivity contribution in [3.05, 3.63) is 0 Å². The normalized spacial score (nSPS) is 26.5. The summed E-state index contributed by atoms with van der Waals surface area (Å²) in [4.78, 5) is 16.7. The van der Waals surface area contributed by atoms with Gasteiger partial charge in [0.2, 0.25) is 0 Å². The Balaban J connectivity index is 1.59. The van der Waals surface area contributed by atoms with Gasteiger partial charge in [-0.1, -0.05) is 6.92 Å². The minimum atomic E-state index is -0.427. The number of hydrogen-bond donors (Lipinski definition) is 0. The number of amides is 1. The largest absolute Gasteiger partial charge is 0.444 e. The molecule has 0 aromatic heterocycles. The Labute approximate surface area is 140 Å². The van der Waals surface area contributed by atoms with Crippen molar-refractivity contribution < 1.29 is 14.3 Å². The monoisotopic (exact) mass is 324 g/mol. The van der Waals surface area contributed by atoms with E-state index in [1.807, 2.05) is 25.7 Å². The SMILES string of the molecule is CCCN1CC2(CCN(C(=O)OC(C)(C)C)CC2)OC2(CC2)C1. The number of morpholine rings is 1. The predicted molar refractivity (Wildman–Crippen MR) is 89.6 cm³/mol. The van der Waals surface area contributed by atoms with E-state index >= 15 is 0 Å². The molecule has 5 heteroatoms. The molecule has 3 rings (SSSR count). The summed E-state index contributed by atoms with van der Waals surface area (Å²) in [5.41, 5.74) is -0.354. The van der Waals surface area contributed by atoms with Crippen LogP contribution in [0.3, 0.4) is 0 Å². The van der Waals surface area contributed by atoms with Crippen LogP contribution in [-0.2, 0) is 9.47 Å². The first-order chi connectivity index (χ1) is 10.7. The first kappa shape index (κ1) is 17.0. The molecule has 0 unspecified atom stereocenters. The molecule has 132 valence electrons. The average molecular weight is 324 g/mol. The smallest absolute Gasteiger partial charge is 0.410 e. The number of nitrogens with zero attached hydrogens (tertiary/aromatic N) is 2. The lowest BCUT2D eigenvalue weighted by Gasteiger charge is -2.50. The molecule has 3 fully saturated rings. The predicted octanol–water partition coefficient (Wildman–Crippen LogP) is 3.03. The Morgan fingerprint density at radius 1 is 1.09 bits per heavy atom. The summed E-state index contributed by atoms with van der Waals surface area (Å²) >= 11 is 0. The van der Waals surface area contributed by atoms with Gasteiger partial charge in [0.1, 0.15) is 5.60 Å². The van der Waals surface area contributed by atoms with Crippen LogP contribution in [0.15, 0.2) is 0 Å². The summed E-state index contributed by atoms with van der Waals surface area (Å²) in [6.07, 6.45) is 5.25. The van der Waals surface area contributed by atoms with Crippen LogP contribution in [0.2, 0.25) is 0 Å². The maximum Gasteiger partial charge on any atom is 0.410 e. The number of rotatable bonds is 2. The Hall–Kier alpha value is -0.810. The molecular weight excluding hydrogens is 292 g/mol. The molecule has 0 bridgehead atoms. The van der Waals surface area contributed by atoms with Gasteiger partial charge in [0.15, 0.2) is 0 Å². The van der Waals surface area contributed by atoms with Crippen molar-refractivity contribution in [1.82, 2.24) is 9.80 Å². The fourth-order valence-corrected chi connectivity index (χ4v) is 3.95. The Morgan fingerprint density at radius 2 is 1.65 bits per heavy atom. The van der Waals surface area contributed by atoms with Gasteiger partial charge in [0, 0.05) is 26.2 Å². The minimum Gasteiger partial charge on any atom is -0.444 e. The molecule has 1 aliphatic carbocycles. The number of likely N-dealkylation sites (tertiary alicyclic amines) is 1. The van der Waals surface area contributed by atoms with Crippen LogP contribution < -0.4 is 0 Å². The van der Waals surface area contributed by atoms with Crippen molar-refractivity contribution >= 4 is 6.09 Å². The highest BCUT2D eigenvalue weighted by Crippen LogP contribution is 2.49. The summed E-state index contributed by atoms with van der Waals surface area (Å²) in [6, 6.07) is 0. The highest BCUT2D eigenvalue weighted by Gasteiger charge is 2.55. The van der Waals surface area contributed by atoms with Crippen LogP contribution in [0.25, 0.3) is 0 Å². The lowest BCUT2D eigenvalue weighted by molar-refractivity contribution is -0.186. The van der Waals surface area contributed by atoms with Crippen LogP contribution in [0.1, 0.15) is 59.8 Å². The van der Waals surface area contributed by atoms with Crippen molar-refractivity contribution in [3.8, 4) is 0 Å². The van der Waals surface area contributed by atoms with Crippen LogP contribution in [0.5, 0.6) is 0 Å². The van der Waals surface area contributed by atoms with E-state index < -0.39 is 5.60 Å². The van der Waals surface area contributed by atoms with Gasteiger partial charge >= 0.3 is 6.09 Å². The molecule has 0 radical (unpaired) electrons. The van der Waals surface area contributed by atoms with E-state index in [2.05, 4.69) is 11.8 Å². The number of piperidine rings is 1.